The van der Waals surface area contributed by atoms with Crippen LogP contribution in [0.2, 0.25) is 0 Å². The van der Waals surface area contributed by atoms with E-state index in [1.807, 2.05) is 43.5 Å². The second kappa shape index (κ2) is 4.53. The van der Waals surface area contributed by atoms with Gasteiger partial charge in [0.15, 0.2) is 5.13 Å². The van der Waals surface area contributed by atoms with Crippen LogP contribution in [0.4, 0.5) is 5.13 Å². The van der Waals surface area contributed by atoms with Gasteiger partial charge in [-0.2, -0.15) is 0 Å². The van der Waals surface area contributed by atoms with Crippen LogP contribution in [0, 0.1) is 0 Å². The monoisotopic (exact) mass is 234 g/mol. The first-order valence-corrected chi connectivity index (χ1v) is 6.02. The summed E-state index contributed by atoms with van der Waals surface area (Å²) < 4.78 is 5.73. The zero-order valence-electron chi connectivity index (χ0n) is 9.31. The summed E-state index contributed by atoms with van der Waals surface area (Å²) in [5, 5.41) is 2.52. The number of ether oxygens (including phenoxy) is 1. The molecule has 0 bridgehead atoms. The van der Waals surface area contributed by atoms with Gasteiger partial charge in [0, 0.05) is 10.9 Å². The van der Waals surface area contributed by atoms with Crippen LogP contribution in [0.5, 0.6) is 5.75 Å². The highest BCUT2D eigenvalue weighted by Gasteiger charge is 2.09. The van der Waals surface area contributed by atoms with Gasteiger partial charge < -0.3 is 10.5 Å². The number of hydrogen-bond acceptors (Lipinski definition) is 4. The molecule has 0 aliphatic rings. The van der Waals surface area contributed by atoms with Crippen LogP contribution in [-0.4, -0.2) is 11.1 Å². The summed E-state index contributed by atoms with van der Waals surface area (Å²) in [6.07, 6.45) is 0.150. The average molecular weight is 234 g/mol. The lowest BCUT2D eigenvalue weighted by Gasteiger charge is -2.12. The molecule has 1 aromatic carbocycles. The van der Waals surface area contributed by atoms with Gasteiger partial charge in [-0.1, -0.05) is 12.1 Å². The smallest absolute Gasteiger partial charge is 0.180 e. The third kappa shape index (κ3) is 2.33. The van der Waals surface area contributed by atoms with Gasteiger partial charge in [0.25, 0.3) is 0 Å². The summed E-state index contributed by atoms with van der Waals surface area (Å²) in [7, 11) is 0. The molecular weight excluding hydrogens is 220 g/mol. The number of para-hydroxylation sites is 1. The Kier molecular flexibility index (Phi) is 3.10. The molecule has 0 radical (unpaired) electrons. The van der Waals surface area contributed by atoms with E-state index in [1.165, 1.54) is 11.3 Å². The minimum absolute atomic E-state index is 0.150. The number of nitrogens with two attached hydrogens (primary N) is 1. The van der Waals surface area contributed by atoms with Gasteiger partial charge in [-0.25, -0.2) is 4.98 Å². The topological polar surface area (TPSA) is 48.1 Å². The fraction of sp³-hybridized carbons (Fsp3) is 0.250. The van der Waals surface area contributed by atoms with Crippen LogP contribution in [0.3, 0.4) is 0 Å². The first-order chi connectivity index (χ1) is 7.66. The molecule has 0 atom stereocenters. The fourth-order valence-electron chi connectivity index (χ4n) is 1.45. The Morgan fingerprint density at radius 3 is 2.69 bits per heavy atom. The van der Waals surface area contributed by atoms with Crippen molar-refractivity contribution in [3.63, 3.8) is 0 Å². The summed E-state index contributed by atoms with van der Waals surface area (Å²) in [5.41, 5.74) is 7.50. The molecule has 0 aliphatic heterocycles. The zero-order chi connectivity index (χ0) is 11.5. The van der Waals surface area contributed by atoms with Crippen LogP contribution in [-0.2, 0) is 0 Å². The fourth-order valence-corrected chi connectivity index (χ4v) is 2.01. The highest BCUT2D eigenvalue weighted by Crippen LogP contribution is 2.31. The number of benzene rings is 1. The van der Waals surface area contributed by atoms with Crippen LogP contribution in [0.15, 0.2) is 29.6 Å². The number of nitrogens with zero attached hydrogens (tertiary/aromatic N) is 1. The van der Waals surface area contributed by atoms with E-state index in [1.54, 1.807) is 0 Å². The number of rotatable bonds is 3. The van der Waals surface area contributed by atoms with Crippen molar-refractivity contribution >= 4 is 16.5 Å². The third-order valence-corrected chi connectivity index (χ3v) is 2.72. The van der Waals surface area contributed by atoms with Gasteiger partial charge in [-0.05, 0) is 26.0 Å². The molecule has 3 nitrogen and oxygen atoms in total. The predicted molar refractivity (Wildman–Crippen MR) is 67.7 cm³/mol. The first-order valence-electron chi connectivity index (χ1n) is 5.14. The summed E-state index contributed by atoms with van der Waals surface area (Å²) >= 11 is 1.44. The molecule has 2 N–H and O–H groups in total. The molecule has 0 spiro atoms. The van der Waals surface area contributed by atoms with Gasteiger partial charge in [0.05, 0.1) is 11.8 Å². The molecule has 0 unspecified atom stereocenters. The molecule has 2 rings (SSSR count). The Morgan fingerprint density at radius 2 is 2.06 bits per heavy atom. The van der Waals surface area contributed by atoms with Crippen molar-refractivity contribution in [1.29, 1.82) is 0 Å². The van der Waals surface area contributed by atoms with Crippen molar-refractivity contribution in [1.82, 2.24) is 4.98 Å². The number of nitrogen functional groups attached to an aromatic ring is 1. The Hall–Kier alpha value is -1.55. The molecule has 0 amide bonds. The predicted octanol–water partition coefficient (Wildman–Crippen LogP) is 3.18. The maximum absolute atomic E-state index is 5.73. The molecule has 4 heteroatoms. The Morgan fingerprint density at radius 1 is 1.31 bits per heavy atom. The maximum atomic E-state index is 5.73. The standard InChI is InChI=1S/C12H14N2OS/c1-8(2)15-11-6-4-3-5-9(11)10-7-16-12(13)14-10/h3-8H,1-2H3,(H2,13,14). The van der Waals surface area contributed by atoms with E-state index >= 15 is 0 Å². The van der Waals surface area contributed by atoms with Crippen molar-refractivity contribution in [3.8, 4) is 17.0 Å². The van der Waals surface area contributed by atoms with Crippen LogP contribution < -0.4 is 10.5 Å². The Balaban J connectivity index is 2.40. The van der Waals surface area contributed by atoms with E-state index in [9.17, 15) is 0 Å². The first kappa shape index (κ1) is 11.0. The lowest BCUT2D eigenvalue weighted by atomic mass is 10.1. The molecule has 0 saturated heterocycles. The van der Waals surface area contributed by atoms with Gasteiger partial charge in [-0.3, -0.25) is 0 Å². The summed E-state index contributed by atoms with van der Waals surface area (Å²) in [5.74, 6) is 0.850. The van der Waals surface area contributed by atoms with Crippen LogP contribution in [0.25, 0.3) is 11.3 Å². The summed E-state index contributed by atoms with van der Waals surface area (Å²) in [6.45, 7) is 4.01. The van der Waals surface area contributed by atoms with Gasteiger partial charge in [0.1, 0.15) is 5.75 Å². The number of thiazole rings is 1. The Labute approximate surface area is 98.9 Å². The summed E-state index contributed by atoms with van der Waals surface area (Å²) in [4.78, 5) is 4.27. The summed E-state index contributed by atoms with van der Waals surface area (Å²) in [6, 6.07) is 7.87. The van der Waals surface area contributed by atoms with E-state index in [4.69, 9.17) is 10.5 Å². The molecule has 0 saturated carbocycles. The lowest BCUT2D eigenvalue weighted by Crippen LogP contribution is -2.06. The minimum Gasteiger partial charge on any atom is -0.490 e. The second-order valence-corrected chi connectivity index (χ2v) is 4.62. The van der Waals surface area contributed by atoms with E-state index in [2.05, 4.69) is 4.98 Å². The molecule has 2 aromatic rings. The van der Waals surface area contributed by atoms with Crippen molar-refractivity contribution in [2.45, 2.75) is 20.0 Å². The second-order valence-electron chi connectivity index (χ2n) is 3.73. The van der Waals surface area contributed by atoms with E-state index in [0.717, 1.165) is 17.0 Å². The van der Waals surface area contributed by atoms with Gasteiger partial charge >= 0.3 is 0 Å². The highest BCUT2D eigenvalue weighted by molar-refractivity contribution is 7.13. The normalized spacial score (nSPS) is 10.7. The highest BCUT2D eigenvalue weighted by atomic mass is 32.1. The SMILES string of the molecule is CC(C)Oc1ccccc1-c1csc(N)n1. The largest absolute Gasteiger partial charge is 0.490 e. The van der Waals surface area contributed by atoms with Crippen LogP contribution >= 0.6 is 11.3 Å². The van der Waals surface area contributed by atoms with Gasteiger partial charge in [-0.15, -0.1) is 11.3 Å². The Bertz CT molecular complexity index is 479. The molecular formula is C12H14N2OS. The zero-order valence-corrected chi connectivity index (χ0v) is 10.1. The number of aromatic nitrogens is 1. The van der Waals surface area contributed by atoms with E-state index < -0.39 is 0 Å². The maximum Gasteiger partial charge on any atom is 0.180 e. The van der Waals surface area contributed by atoms with Crippen molar-refractivity contribution < 1.29 is 4.74 Å². The molecule has 1 aromatic heterocycles. The molecule has 84 valence electrons. The average Bonchev–Trinajstić information content (AvgIpc) is 2.65. The van der Waals surface area contributed by atoms with E-state index in [-0.39, 0.29) is 6.10 Å². The van der Waals surface area contributed by atoms with Crippen molar-refractivity contribution in [2.75, 3.05) is 5.73 Å². The number of hydrogen-bond donors (Lipinski definition) is 1. The lowest BCUT2D eigenvalue weighted by molar-refractivity contribution is 0.243. The van der Waals surface area contributed by atoms with E-state index in [0.29, 0.717) is 5.13 Å². The van der Waals surface area contributed by atoms with Crippen LogP contribution in [0.1, 0.15) is 13.8 Å². The molecule has 1 heterocycles. The third-order valence-electron chi connectivity index (χ3n) is 2.05. The quantitative estimate of drug-likeness (QED) is 0.887. The van der Waals surface area contributed by atoms with Crippen molar-refractivity contribution in [3.05, 3.63) is 29.6 Å². The van der Waals surface area contributed by atoms with Crippen molar-refractivity contribution in [2.24, 2.45) is 0 Å². The molecule has 16 heavy (non-hydrogen) atoms. The molecule has 0 fully saturated rings. The minimum atomic E-state index is 0.150. The number of anilines is 1. The molecule has 0 aliphatic carbocycles. The van der Waals surface area contributed by atoms with Gasteiger partial charge in [0.2, 0.25) is 0 Å².